The van der Waals surface area contributed by atoms with Crippen LogP contribution in [-0.4, -0.2) is 47.2 Å². The van der Waals surface area contributed by atoms with Gasteiger partial charge in [-0.2, -0.15) is 0 Å². The molecule has 3 N–H and O–H groups in total. The highest BCUT2D eigenvalue weighted by Gasteiger charge is 2.51. The van der Waals surface area contributed by atoms with Crippen molar-refractivity contribution >= 4 is 12.0 Å². The third-order valence-electron chi connectivity index (χ3n) is 4.38. The lowest BCUT2D eigenvalue weighted by atomic mass is 9.87. The van der Waals surface area contributed by atoms with Gasteiger partial charge >= 0.3 is 6.09 Å². The molecular formula is C16H29N3O3. The standard InChI is InChI=1S/C16H29N3O3/c1-15(2,3)22-14(21)19-10-16(11-19,13(17)20)18-12-8-6-4-5-7-9-12/h12,18H,4-11H2,1-3H3,(H2,17,20). The zero-order valence-corrected chi connectivity index (χ0v) is 14.0. The molecule has 0 spiro atoms. The van der Waals surface area contributed by atoms with Crippen LogP contribution in [0.25, 0.3) is 0 Å². The van der Waals surface area contributed by atoms with Crippen LogP contribution in [0, 0.1) is 0 Å². The van der Waals surface area contributed by atoms with Crippen LogP contribution in [0.4, 0.5) is 4.79 Å². The lowest BCUT2D eigenvalue weighted by Gasteiger charge is -2.49. The number of nitrogens with one attached hydrogen (secondary N) is 1. The van der Waals surface area contributed by atoms with Crippen molar-refractivity contribution in [3.63, 3.8) is 0 Å². The molecular weight excluding hydrogens is 282 g/mol. The Kier molecular flexibility index (Phi) is 5.00. The quantitative estimate of drug-likeness (QED) is 0.778. The Morgan fingerprint density at radius 1 is 1.14 bits per heavy atom. The Labute approximate surface area is 132 Å². The number of rotatable bonds is 3. The maximum absolute atomic E-state index is 12.0. The number of amides is 2. The second-order valence-electron chi connectivity index (χ2n) is 7.62. The number of carbonyl (C=O) groups is 2. The summed E-state index contributed by atoms with van der Waals surface area (Å²) < 4.78 is 5.33. The zero-order chi connectivity index (χ0) is 16.4. The summed E-state index contributed by atoms with van der Waals surface area (Å²) in [7, 11) is 0. The number of nitrogens with zero attached hydrogens (tertiary/aromatic N) is 1. The van der Waals surface area contributed by atoms with E-state index in [1.807, 2.05) is 20.8 Å². The Hall–Kier alpha value is -1.30. The highest BCUT2D eigenvalue weighted by Crippen LogP contribution is 2.27. The summed E-state index contributed by atoms with van der Waals surface area (Å²) in [5.41, 5.74) is 4.28. The molecule has 0 aromatic rings. The van der Waals surface area contributed by atoms with Crippen LogP contribution in [0.1, 0.15) is 59.3 Å². The monoisotopic (exact) mass is 311 g/mol. The van der Waals surface area contributed by atoms with Gasteiger partial charge in [0.2, 0.25) is 5.91 Å². The maximum Gasteiger partial charge on any atom is 0.410 e. The Balaban J connectivity index is 1.92. The highest BCUT2D eigenvalue weighted by molar-refractivity contribution is 5.89. The van der Waals surface area contributed by atoms with Crippen LogP contribution >= 0.6 is 0 Å². The molecule has 1 saturated carbocycles. The van der Waals surface area contributed by atoms with Crippen molar-refractivity contribution < 1.29 is 14.3 Å². The number of ether oxygens (including phenoxy) is 1. The van der Waals surface area contributed by atoms with Gasteiger partial charge in [-0.05, 0) is 33.6 Å². The Morgan fingerprint density at radius 2 is 1.68 bits per heavy atom. The SMILES string of the molecule is CC(C)(C)OC(=O)N1CC(NC2CCCCCC2)(C(N)=O)C1. The van der Waals surface area contributed by atoms with Gasteiger partial charge < -0.3 is 15.4 Å². The molecule has 6 nitrogen and oxygen atoms in total. The molecule has 1 aliphatic heterocycles. The Morgan fingerprint density at radius 3 is 2.14 bits per heavy atom. The van der Waals surface area contributed by atoms with Gasteiger partial charge in [0.1, 0.15) is 11.1 Å². The Bertz CT molecular complexity index is 417. The number of hydrogen-bond donors (Lipinski definition) is 2. The van der Waals surface area contributed by atoms with Gasteiger partial charge in [-0.3, -0.25) is 10.1 Å². The number of primary amides is 1. The van der Waals surface area contributed by atoms with Gasteiger partial charge in [-0.1, -0.05) is 25.7 Å². The first-order valence-electron chi connectivity index (χ1n) is 8.27. The van der Waals surface area contributed by atoms with Crippen molar-refractivity contribution in [3.8, 4) is 0 Å². The van der Waals surface area contributed by atoms with Gasteiger partial charge in [-0.25, -0.2) is 4.79 Å². The molecule has 2 aliphatic rings. The van der Waals surface area contributed by atoms with Crippen molar-refractivity contribution in [3.05, 3.63) is 0 Å². The highest BCUT2D eigenvalue weighted by atomic mass is 16.6. The normalized spacial score (nSPS) is 22.6. The summed E-state index contributed by atoms with van der Waals surface area (Å²) in [5, 5.41) is 3.43. The van der Waals surface area contributed by atoms with Crippen molar-refractivity contribution in [2.24, 2.45) is 5.73 Å². The largest absolute Gasteiger partial charge is 0.444 e. The number of likely N-dealkylation sites (tertiary alicyclic amines) is 1. The first-order chi connectivity index (χ1) is 10.2. The number of nitrogens with two attached hydrogens (primary N) is 1. The summed E-state index contributed by atoms with van der Waals surface area (Å²) >= 11 is 0. The molecule has 2 rings (SSSR count). The molecule has 0 bridgehead atoms. The van der Waals surface area contributed by atoms with E-state index in [1.165, 1.54) is 25.7 Å². The van der Waals surface area contributed by atoms with Crippen molar-refractivity contribution in [2.75, 3.05) is 13.1 Å². The first-order valence-corrected chi connectivity index (χ1v) is 8.27. The topological polar surface area (TPSA) is 84.7 Å². The summed E-state index contributed by atoms with van der Waals surface area (Å²) in [6.45, 7) is 6.09. The minimum Gasteiger partial charge on any atom is -0.444 e. The van der Waals surface area contributed by atoms with Gasteiger partial charge in [0, 0.05) is 6.04 Å². The molecule has 0 aromatic carbocycles. The molecule has 1 saturated heterocycles. The molecule has 0 unspecified atom stereocenters. The van der Waals surface area contributed by atoms with Crippen molar-refractivity contribution in [2.45, 2.75) is 76.5 Å². The average molecular weight is 311 g/mol. The average Bonchev–Trinajstić information content (AvgIpc) is 2.58. The second kappa shape index (κ2) is 6.44. The van der Waals surface area contributed by atoms with E-state index in [4.69, 9.17) is 10.5 Å². The van der Waals surface area contributed by atoms with E-state index in [2.05, 4.69) is 5.32 Å². The molecule has 6 heteroatoms. The fraction of sp³-hybridized carbons (Fsp3) is 0.875. The second-order valence-corrected chi connectivity index (χ2v) is 7.62. The first kappa shape index (κ1) is 17.1. The van der Waals surface area contributed by atoms with Gasteiger partial charge in [0.15, 0.2) is 0 Å². The molecule has 1 aliphatic carbocycles. The predicted octanol–water partition coefficient (Wildman–Crippen LogP) is 1.77. The fourth-order valence-corrected chi connectivity index (χ4v) is 3.19. The zero-order valence-electron chi connectivity index (χ0n) is 14.0. The molecule has 0 atom stereocenters. The lowest BCUT2D eigenvalue weighted by molar-refractivity contribution is -0.131. The minimum absolute atomic E-state index is 0.299. The molecule has 0 radical (unpaired) electrons. The molecule has 1 heterocycles. The van der Waals surface area contributed by atoms with Crippen LogP contribution in [0.15, 0.2) is 0 Å². The van der Waals surface area contributed by atoms with E-state index in [-0.39, 0.29) is 12.0 Å². The molecule has 22 heavy (non-hydrogen) atoms. The minimum atomic E-state index is -0.786. The van der Waals surface area contributed by atoms with E-state index >= 15 is 0 Å². The van der Waals surface area contributed by atoms with Crippen LogP contribution in [0.2, 0.25) is 0 Å². The molecule has 2 fully saturated rings. The van der Waals surface area contributed by atoms with Crippen LogP contribution in [0.3, 0.4) is 0 Å². The summed E-state index contributed by atoms with van der Waals surface area (Å²) in [4.78, 5) is 25.5. The van der Waals surface area contributed by atoms with Gasteiger partial charge in [-0.15, -0.1) is 0 Å². The molecule has 2 amide bonds. The van der Waals surface area contributed by atoms with E-state index in [1.54, 1.807) is 4.90 Å². The third kappa shape index (κ3) is 4.12. The van der Waals surface area contributed by atoms with Crippen molar-refractivity contribution in [1.82, 2.24) is 10.2 Å². The third-order valence-corrected chi connectivity index (χ3v) is 4.38. The number of carbonyl (C=O) groups excluding carboxylic acids is 2. The van der Waals surface area contributed by atoms with Crippen LogP contribution in [0.5, 0.6) is 0 Å². The van der Waals surface area contributed by atoms with Gasteiger partial charge in [0.25, 0.3) is 0 Å². The van der Waals surface area contributed by atoms with E-state index < -0.39 is 11.1 Å². The fourth-order valence-electron chi connectivity index (χ4n) is 3.19. The molecule has 0 aromatic heterocycles. The van der Waals surface area contributed by atoms with E-state index in [0.29, 0.717) is 19.1 Å². The van der Waals surface area contributed by atoms with E-state index in [0.717, 1.165) is 12.8 Å². The summed E-state index contributed by atoms with van der Waals surface area (Å²) in [6, 6.07) is 0.316. The summed E-state index contributed by atoms with van der Waals surface area (Å²) in [5.74, 6) is -0.378. The number of hydrogen-bond acceptors (Lipinski definition) is 4. The predicted molar refractivity (Wildman–Crippen MR) is 84.4 cm³/mol. The maximum atomic E-state index is 12.0. The van der Waals surface area contributed by atoms with Crippen LogP contribution < -0.4 is 11.1 Å². The lowest BCUT2D eigenvalue weighted by Crippen LogP contribution is -2.77. The van der Waals surface area contributed by atoms with Crippen LogP contribution in [-0.2, 0) is 9.53 Å². The van der Waals surface area contributed by atoms with Gasteiger partial charge in [0.05, 0.1) is 13.1 Å². The summed E-state index contributed by atoms with van der Waals surface area (Å²) in [6.07, 6.45) is 6.64. The van der Waals surface area contributed by atoms with E-state index in [9.17, 15) is 9.59 Å². The molecule has 126 valence electrons. The smallest absolute Gasteiger partial charge is 0.410 e. The van der Waals surface area contributed by atoms with Crippen molar-refractivity contribution in [1.29, 1.82) is 0 Å².